The number of rotatable bonds is 4. The Morgan fingerprint density at radius 3 is 2.96 bits per heavy atom. The highest BCUT2D eigenvalue weighted by molar-refractivity contribution is 5.95. The molecule has 126 valence electrons. The first-order valence-electron chi connectivity index (χ1n) is 8.18. The molecule has 6 heteroatoms. The van der Waals surface area contributed by atoms with Crippen molar-refractivity contribution in [1.29, 1.82) is 0 Å². The first kappa shape index (κ1) is 16.2. The van der Waals surface area contributed by atoms with Gasteiger partial charge in [0.1, 0.15) is 17.1 Å². The van der Waals surface area contributed by atoms with Gasteiger partial charge < -0.3 is 15.4 Å². The van der Waals surface area contributed by atoms with Crippen LogP contribution in [0, 0.1) is 11.8 Å². The van der Waals surface area contributed by atoms with Crippen molar-refractivity contribution in [2.24, 2.45) is 11.8 Å². The minimum absolute atomic E-state index is 0.00302. The Hall–Kier alpha value is -2.63. The number of aromatic nitrogens is 1. The van der Waals surface area contributed by atoms with Gasteiger partial charge in [-0.25, -0.2) is 4.98 Å². The van der Waals surface area contributed by atoms with Gasteiger partial charge in [0, 0.05) is 18.4 Å². The maximum Gasteiger partial charge on any atom is 0.230 e. The van der Waals surface area contributed by atoms with Crippen LogP contribution in [0.15, 0.2) is 30.3 Å². The van der Waals surface area contributed by atoms with Gasteiger partial charge in [-0.15, -0.1) is 0 Å². The second-order valence-electron chi connectivity index (χ2n) is 6.04. The molecule has 1 aromatic heterocycles. The number of carbonyl (C=O) groups excluding carboxylic acids is 2. The molecule has 1 aromatic carbocycles. The molecule has 2 N–H and O–H groups in total. The zero-order valence-electron chi connectivity index (χ0n) is 13.8. The summed E-state index contributed by atoms with van der Waals surface area (Å²) >= 11 is 0. The van der Waals surface area contributed by atoms with Crippen molar-refractivity contribution in [3.05, 3.63) is 30.3 Å². The average Bonchev–Trinajstić information content (AvgIpc) is 2.55. The maximum atomic E-state index is 12.5. The van der Waals surface area contributed by atoms with Crippen molar-refractivity contribution in [1.82, 2.24) is 10.3 Å². The molecule has 24 heavy (non-hydrogen) atoms. The Kier molecular flexibility index (Phi) is 4.64. The van der Waals surface area contributed by atoms with E-state index in [0.717, 1.165) is 10.9 Å². The number of hydrogen-bond acceptors (Lipinski definition) is 4. The SMILES string of the molecule is CCOc1cccc2ccc(NC(=O)C3CNC(=O)CC3C)nc12. The number of benzene rings is 1. The number of hydrogen-bond donors (Lipinski definition) is 2. The molecule has 1 aliphatic rings. The molecule has 2 heterocycles. The van der Waals surface area contributed by atoms with Crippen molar-refractivity contribution >= 4 is 28.5 Å². The van der Waals surface area contributed by atoms with Gasteiger partial charge in [0.05, 0.1) is 12.5 Å². The van der Waals surface area contributed by atoms with Crippen LogP contribution in [0.5, 0.6) is 5.75 Å². The van der Waals surface area contributed by atoms with E-state index in [2.05, 4.69) is 15.6 Å². The van der Waals surface area contributed by atoms with E-state index in [4.69, 9.17) is 4.74 Å². The third-order valence-corrected chi connectivity index (χ3v) is 4.28. The number of pyridine rings is 1. The quantitative estimate of drug-likeness (QED) is 0.903. The fourth-order valence-corrected chi connectivity index (χ4v) is 2.96. The number of para-hydroxylation sites is 1. The monoisotopic (exact) mass is 327 g/mol. The van der Waals surface area contributed by atoms with E-state index in [-0.39, 0.29) is 23.7 Å². The molecule has 1 saturated heterocycles. The van der Waals surface area contributed by atoms with Gasteiger partial charge in [0.25, 0.3) is 0 Å². The summed E-state index contributed by atoms with van der Waals surface area (Å²) in [6.07, 6.45) is 0.373. The molecular formula is C18H21N3O3. The predicted octanol–water partition coefficient (Wildman–Crippen LogP) is 2.34. The van der Waals surface area contributed by atoms with Crippen LogP contribution in [0.4, 0.5) is 5.82 Å². The second kappa shape index (κ2) is 6.86. The lowest BCUT2D eigenvalue weighted by Crippen LogP contribution is -2.45. The van der Waals surface area contributed by atoms with Gasteiger partial charge in [-0.2, -0.15) is 0 Å². The van der Waals surface area contributed by atoms with Gasteiger partial charge in [0.2, 0.25) is 11.8 Å². The molecule has 0 spiro atoms. The fraction of sp³-hybridized carbons (Fsp3) is 0.389. The highest BCUT2D eigenvalue weighted by Gasteiger charge is 2.31. The highest BCUT2D eigenvalue weighted by atomic mass is 16.5. The number of ether oxygens (including phenoxy) is 1. The molecule has 1 fully saturated rings. The van der Waals surface area contributed by atoms with Gasteiger partial charge in [-0.05, 0) is 31.0 Å². The molecule has 2 amide bonds. The largest absolute Gasteiger partial charge is 0.492 e. The molecular weight excluding hydrogens is 306 g/mol. The van der Waals surface area contributed by atoms with E-state index in [0.29, 0.717) is 31.1 Å². The molecule has 0 radical (unpaired) electrons. The highest BCUT2D eigenvalue weighted by Crippen LogP contribution is 2.26. The summed E-state index contributed by atoms with van der Waals surface area (Å²) in [4.78, 5) is 28.4. The summed E-state index contributed by atoms with van der Waals surface area (Å²) in [5.41, 5.74) is 0.724. The van der Waals surface area contributed by atoms with Crippen LogP contribution in [0.25, 0.3) is 10.9 Å². The summed E-state index contributed by atoms with van der Waals surface area (Å²) in [6.45, 7) is 4.76. The third-order valence-electron chi connectivity index (χ3n) is 4.28. The van der Waals surface area contributed by atoms with E-state index >= 15 is 0 Å². The standard InChI is InChI=1S/C18H21N3O3/c1-3-24-14-6-4-5-12-7-8-15(20-17(12)14)21-18(23)13-10-19-16(22)9-11(13)2/h4-8,11,13H,3,9-10H2,1-2H3,(H,19,22)(H,20,21,23). The molecule has 2 atom stereocenters. The van der Waals surface area contributed by atoms with Gasteiger partial charge in [-0.3, -0.25) is 9.59 Å². The van der Waals surface area contributed by atoms with E-state index in [1.807, 2.05) is 38.1 Å². The predicted molar refractivity (Wildman–Crippen MR) is 91.8 cm³/mol. The normalized spacial score (nSPS) is 20.5. The number of anilines is 1. The lowest BCUT2D eigenvalue weighted by Gasteiger charge is -2.27. The minimum Gasteiger partial charge on any atom is -0.492 e. The molecule has 2 aromatic rings. The van der Waals surface area contributed by atoms with Crippen LogP contribution in [-0.4, -0.2) is 29.9 Å². The zero-order valence-corrected chi connectivity index (χ0v) is 13.8. The Balaban J connectivity index is 1.81. The van der Waals surface area contributed by atoms with Gasteiger partial charge in [0.15, 0.2) is 0 Å². The molecule has 2 unspecified atom stereocenters. The van der Waals surface area contributed by atoms with Crippen molar-refractivity contribution in [3.8, 4) is 5.75 Å². The van der Waals surface area contributed by atoms with Gasteiger partial charge >= 0.3 is 0 Å². The van der Waals surface area contributed by atoms with Crippen LogP contribution in [0.3, 0.4) is 0 Å². The van der Waals surface area contributed by atoms with Crippen molar-refractivity contribution in [2.75, 3.05) is 18.5 Å². The summed E-state index contributed by atoms with van der Waals surface area (Å²) in [7, 11) is 0. The van der Waals surface area contributed by atoms with E-state index in [1.165, 1.54) is 0 Å². The molecule has 3 rings (SSSR count). The summed E-state index contributed by atoms with van der Waals surface area (Å²) in [6, 6.07) is 9.42. The van der Waals surface area contributed by atoms with Crippen molar-refractivity contribution < 1.29 is 14.3 Å². The molecule has 1 aliphatic heterocycles. The number of amides is 2. The van der Waals surface area contributed by atoms with Crippen LogP contribution in [0.1, 0.15) is 20.3 Å². The summed E-state index contributed by atoms with van der Waals surface area (Å²) in [5, 5.41) is 6.56. The molecule has 0 aliphatic carbocycles. The number of nitrogens with zero attached hydrogens (tertiary/aromatic N) is 1. The number of fused-ring (bicyclic) bond motifs is 1. The Morgan fingerprint density at radius 2 is 2.21 bits per heavy atom. The topological polar surface area (TPSA) is 80.3 Å². The Bertz CT molecular complexity index is 775. The first-order chi connectivity index (χ1) is 11.6. The number of nitrogens with one attached hydrogen (secondary N) is 2. The number of carbonyl (C=O) groups is 2. The lowest BCUT2D eigenvalue weighted by atomic mass is 9.87. The molecule has 0 bridgehead atoms. The smallest absolute Gasteiger partial charge is 0.230 e. The second-order valence-corrected chi connectivity index (χ2v) is 6.04. The van der Waals surface area contributed by atoms with Crippen molar-refractivity contribution in [3.63, 3.8) is 0 Å². The number of piperidine rings is 1. The minimum atomic E-state index is -0.248. The van der Waals surface area contributed by atoms with E-state index in [1.54, 1.807) is 6.07 Å². The van der Waals surface area contributed by atoms with Crippen LogP contribution < -0.4 is 15.4 Å². The molecule has 0 saturated carbocycles. The van der Waals surface area contributed by atoms with Crippen LogP contribution in [0.2, 0.25) is 0 Å². The fourth-order valence-electron chi connectivity index (χ4n) is 2.96. The van der Waals surface area contributed by atoms with Gasteiger partial charge in [-0.1, -0.05) is 19.1 Å². The van der Waals surface area contributed by atoms with Crippen molar-refractivity contribution in [2.45, 2.75) is 20.3 Å². The van der Waals surface area contributed by atoms with E-state index < -0.39 is 0 Å². The summed E-state index contributed by atoms with van der Waals surface area (Å²) < 4.78 is 5.60. The average molecular weight is 327 g/mol. The Labute approximate surface area is 140 Å². The maximum absolute atomic E-state index is 12.5. The van der Waals surface area contributed by atoms with Crippen LogP contribution in [-0.2, 0) is 9.59 Å². The lowest BCUT2D eigenvalue weighted by molar-refractivity contribution is -0.128. The third kappa shape index (κ3) is 3.32. The zero-order chi connectivity index (χ0) is 17.1. The van der Waals surface area contributed by atoms with E-state index in [9.17, 15) is 9.59 Å². The summed E-state index contributed by atoms with van der Waals surface area (Å²) in [5.74, 6) is 0.827. The van der Waals surface area contributed by atoms with Crippen LogP contribution >= 0.6 is 0 Å². The first-order valence-corrected chi connectivity index (χ1v) is 8.18. The molecule has 6 nitrogen and oxygen atoms in total. The Morgan fingerprint density at radius 1 is 1.38 bits per heavy atom.